The molecule has 3 heterocycles. The summed E-state index contributed by atoms with van der Waals surface area (Å²) in [4.78, 5) is 20.7. The molecule has 45 heavy (non-hydrogen) atoms. The Morgan fingerprint density at radius 3 is 2.64 bits per heavy atom. The molecule has 3 N–H and O–H groups in total. The van der Waals surface area contributed by atoms with Gasteiger partial charge < -0.3 is 20.0 Å². The fraction of sp³-hybridized carbons (Fsp3) is 0.515. The third kappa shape index (κ3) is 5.68. The van der Waals surface area contributed by atoms with E-state index < -0.39 is 23.1 Å². The molecule has 0 bridgehead atoms. The summed E-state index contributed by atoms with van der Waals surface area (Å²) < 4.78 is 43.2. The summed E-state index contributed by atoms with van der Waals surface area (Å²) in [5.41, 5.74) is 0.411. The van der Waals surface area contributed by atoms with Crippen molar-refractivity contribution in [1.29, 1.82) is 16.1 Å². The first kappa shape index (κ1) is 31.0. The Hall–Kier alpha value is -3.95. The largest absolute Gasteiger partial charge is 0.416 e. The molecule has 0 unspecified atom stereocenters. The number of hydrogen-bond acceptors (Lipinski definition) is 7. The van der Waals surface area contributed by atoms with Crippen molar-refractivity contribution in [3.63, 3.8) is 0 Å². The molecule has 12 heteroatoms. The molecule has 4 aliphatic rings. The summed E-state index contributed by atoms with van der Waals surface area (Å²) in [6, 6.07) is 10.5. The Morgan fingerprint density at radius 1 is 1.20 bits per heavy atom. The zero-order valence-electron chi connectivity index (χ0n) is 25.6. The van der Waals surface area contributed by atoms with Gasteiger partial charge in [-0.15, -0.1) is 0 Å². The predicted molar refractivity (Wildman–Crippen MR) is 165 cm³/mol. The highest BCUT2D eigenvalue weighted by Crippen LogP contribution is 2.50. The molecule has 0 aromatic heterocycles. The number of anilines is 1. The Labute approximate surface area is 261 Å². The summed E-state index contributed by atoms with van der Waals surface area (Å²) in [6.07, 6.45) is 1.93. The van der Waals surface area contributed by atoms with Crippen LogP contribution in [0.3, 0.4) is 0 Å². The van der Waals surface area contributed by atoms with Gasteiger partial charge in [-0.25, -0.2) is 0 Å². The average Bonchev–Trinajstić information content (AvgIpc) is 3.76. The van der Waals surface area contributed by atoms with Gasteiger partial charge >= 0.3 is 6.18 Å². The number of halogens is 3. The van der Waals surface area contributed by atoms with E-state index in [-0.39, 0.29) is 36.1 Å². The van der Waals surface area contributed by atoms with Gasteiger partial charge in [-0.3, -0.25) is 20.5 Å². The number of likely N-dealkylation sites (tertiary alicyclic amines) is 2. The zero-order valence-corrected chi connectivity index (χ0v) is 25.6. The third-order valence-electron chi connectivity index (χ3n) is 10.1. The summed E-state index contributed by atoms with van der Waals surface area (Å²) in [6.45, 7) is 5.27. The van der Waals surface area contributed by atoms with Gasteiger partial charge in [0.15, 0.2) is 6.19 Å². The third-order valence-corrected chi connectivity index (χ3v) is 10.1. The van der Waals surface area contributed by atoms with E-state index in [1.165, 1.54) is 15.9 Å². The number of benzene rings is 2. The number of amides is 1. The summed E-state index contributed by atoms with van der Waals surface area (Å²) in [5.74, 6) is 0.210. The second-order valence-electron chi connectivity index (χ2n) is 13.1. The quantitative estimate of drug-likeness (QED) is 0.223. The first-order chi connectivity index (χ1) is 21.4. The van der Waals surface area contributed by atoms with Crippen molar-refractivity contribution >= 4 is 23.8 Å². The molecule has 3 aliphatic heterocycles. The molecule has 238 valence electrons. The van der Waals surface area contributed by atoms with Gasteiger partial charge in [0.05, 0.1) is 23.9 Å². The van der Waals surface area contributed by atoms with Crippen LogP contribution in [0.1, 0.15) is 65.2 Å². The van der Waals surface area contributed by atoms with Crippen molar-refractivity contribution in [2.24, 2.45) is 5.92 Å². The van der Waals surface area contributed by atoms with Crippen LogP contribution >= 0.6 is 0 Å². The number of rotatable bonds is 8. The number of nitriles is 1. The van der Waals surface area contributed by atoms with Crippen molar-refractivity contribution in [2.75, 3.05) is 38.1 Å². The Kier molecular flexibility index (Phi) is 8.12. The minimum atomic E-state index is -4.62. The van der Waals surface area contributed by atoms with Gasteiger partial charge in [0.25, 0.3) is 5.91 Å². The minimum absolute atomic E-state index is 0.0137. The molecular formula is C33H39F3N8O. The van der Waals surface area contributed by atoms with Crippen molar-refractivity contribution in [2.45, 2.75) is 69.4 Å². The number of carbonyl (C=O) groups excluding carboxylic acids is 1. The van der Waals surface area contributed by atoms with Crippen molar-refractivity contribution in [3.8, 4) is 6.19 Å². The molecule has 9 nitrogen and oxygen atoms in total. The second kappa shape index (κ2) is 11.8. The Bertz CT molecular complexity index is 1550. The normalized spacial score (nSPS) is 26.5. The SMILES string of the molecule is CC1CC(C(=N)N(C)C=N)(c2cccc(N3Cc4c(cc(CN[C@H]5CCN([C@H]6CCN(C#N)C6)C5)cc4C(F)(F)F)C3=O)c2)C1. The number of hydrogen-bond donors (Lipinski definition) is 3. The molecule has 3 fully saturated rings. The molecule has 1 amide bonds. The summed E-state index contributed by atoms with van der Waals surface area (Å²) >= 11 is 0. The topological polar surface area (TPSA) is 114 Å². The Balaban J connectivity index is 1.21. The van der Waals surface area contributed by atoms with Crippen LogP contribution < -0.4 is 10.2 Å². The molecule has 0 spiro atoms. The first-order valence-corrected chi connectivity index (χ1v) is 15.5. The molecular weight excluding hydrogens is 581 g/mol. The van der Waals surface area contributed by atoms with E-state index in [1.807, 2.05) is 12.1 Å². The maximum absolute atomic E-state index is 14.4. The van der Waals surface area contributed by atoms with Gasteiger partial charge in [-0.1, -0.05) is 19.1 Å². The Morgan fingerprint density at radius 2 is 1.98 bits per heavy atom. The van der Waals surface area contributed by atoms with Crippen LogP contribution in [0.5, 0.6) is 0 Å². The van der Waals surface area contributed by atoms with Crippen molar-refractivity contribution < 1.29 is 18.0 Å². The molecule has 1 aliphatic carbocycles. The number of likely N-dealkylation sites (N-methyl/N-ethyl adjacent to an activating group) is 1. The smallest absolute Gasteiger partial charge is 0.324 e. The van der Waals surface area contributed by atoms with E-state index in [0.717, 1.165) is 44.4 Å². The zero-order chi connectivity index (χ0) is 32.1. The highest BCUT2D eigenvalue weighted by Gasteiger charge is 2.49. The number of fused-ring (bicyclic) bond motifs is 1. The van der Waals surface area contributed by atoms with E-state index in [2.05, 4.69) is 23.3 Å². The van der Waals surface area contributed by atoms with Crippen LogP contribution in [-0.2, 0) is 24.7 Å². The fourth-order valence-corrected chi connectivity index (χ4v) is 7.78. The van der Waals surface area contributed by atoms with Crippen LogP contribution in [0.4, 0.5) is 18.9 Å². The lowest BCUT2D eigenvalue weighted by molar-refractivity contribution is -0.138. The van der Waals surface area contributed by atoms with Gasteiger partial charge in [0.2, 0.25) is 0 Å². The predicted octanol–water partition coefficient (Wildman–Crippen LogP) is 4.77. The molecule has 2 aromatic rings. The maximum atomic E-state index is 14.4. The summed E-state index contributed by atoms with van der Waals surface area (Å²) in [5, 5.41) is 29.0. The van der Waals surface area contributed by atoms with Crippen LogP contribution in [0, 0.1) is 28.2 Å². The highest BCUT2D eigenvalue weighted by atomic mass is 19.4. The van der Waals surface area contributed by atoms with E-state index in [9.17, 15) is 18.0 Å². The molecule has 2 aromatic carbocycles. The highest BCUT2D eigenvalue weighted by molar-refractivity contribution is 6.10. The van der Waals surface area contributed by atoms with Crippen LogP contribution in [-0.4, -0.2) is 78.1 Å². The molecule has 2 atom stereocenters. The monoisotopic (exact) mass is 620 g/mol. The van der Waals surface area contributed by atoms with Crippen molar-refractivity contribution in [1.82, 2.24) is 20.0 Å². The lowest BCUT2D eigenvalue weighted by atomic mass is 9.58. The van der Waals surface area contributed by atoms with Gasteiger partial charge in [0, 0.05) is 63.1 Å². The van der Waals surface area contributed by atoms with Gasteiger partial charge in [-0.2, -0.15) is 18.4 Å². The molecule has 0 radical (unpaired) electrons. The fourth-order valence-electron chi connectivity index (χ4n) is 7.78. The molecule has 1 saturated carbocycles. The van der Waals surface area contributed by atoms with Crippen LogP contribution in [0.25, 0.3) is 0 Å². The summed E-state index contributed by atoms with van der Waals surface area (Å²) in [7, 11) is 1.66. The lowest BCUT2D eigenvalue weighted by Crippen LogP contribution is -2.52. The van der Waals surface area contributed by atoms with Gasteiger partial charge in [-0.05, 0) is 72.6 Å². The number of nitrogens with one attached hydrogen (secondary N) is 3. The number of carbonyl (C=O) groups is 1. The minimum Gasteiger partial charge on any atom is -0.324 e. The number of nitrogens with zero attached hydrogens (tertiary/aromatic N) is 5. The van der Waals surface area contributed by atoms with Crippen molar-refractivity contribution in [3.05, 3.63) is 64.2 Å². The van der Waals surface area contributed by atoms with E-state index in [0.29, 0.717) is 42.6 Å². The average molecular weight is 621 g/mol. The number of amidine groups is 1. The van der Waals surface area contributed by atoms with E-state index in [4.69, 9.17) is 16.1 Å². The van der Waals surface area contributed by atoms with Crippen LogP contribution in [0.15, 0.2) is 36.4 Å². The second-order valence-corrected chi connectivity index (χ2v) is 13.1. The van der Waals surface area contributed by atoms with E-state index in [1.54, 1.807) is 30.1 Å². The standard InChI is InChI=1S/C33H39F3N8O/c1-21-13-32(14-21,31(39)41(2)19-37)23-4-3-5-25(12-23)44-18-28-27(30(44)45)10-22(11-29(28)33(34,35)36)15-40-24-6-9-43(16-24)26-7-8-42(17-26)20-38/h3-5,10-12,19,21,24,26,37,39-40H,6-9,13-18H2,1-2H3/t21?,24-,26-,32?/m0/s1. The molecule has 2 saturated heterocycles. The van der Waals surface area contributed by atoms with Crippen LogP contribution in [0.2, 0.25) is 0 Å². The van der Waals surface area contributed by atoms with E-state index >= 15 is 0 Å². The van der Waals surface area contributed by atoms with Gasteiger partial charge in [0.1, 0.15) is 5.84 Å². The first-order valence-electron chi connectivity index (χ1n) is 15.5. The number of alkyl halides is 3. The lowest BCUT2D eigenvalue weighted by Gasteiger charge is -2.48. The maximum Gasteiger partial charge on any atom is 0.416 e. The molecule has 6 rings (SSSR count).